The normalized spacial score (nSPS) is 25.1. The maximum Gasteiger partial charge on any atom is 0.0101 e. The largest absolute Gasteiger partial charge is 0.0893 e. The average molecular weight is 278 g/mol. The van der Waals surface area contributed by atoms with E-state index in [1.165, 1.54) is 46.0 Å². The van der Waals surface area contributed by atoms with Gasteiger partial charge in [-0.25, -0.2) is 0 Å². The van der Waals surface area contributed by atoms with Gasteiger partial charge in [-0.3, -0.25) is 0 Å². The molecule has 0 radical (unpaired) electrons. The van der Waals surface area contributed by atoms with Crippen LogP contribution in [0.1, 0.15) is 42.7 Å². The minimum Gasteiger partial charge on any atom is -0.0893 e. The molecule has 2 aliphatic carbocycles. The first-order chi connectivity index (χ1) is 9.84. The van der Waals surface area contributed by atoms with E-state index in [0.29, 0.717) is 11.8 Å². The standard InChI is InChI=1S/C19H18S/c20-18-10-2-1-8-16(18)15-12-11-14-6-3-5-13-7-4-9-17(15)19(13)14/h3-7,9,11-12,15-16H,1-2,8,10H2. The molecule has 1 fully saturated rings. The molecule has 0 amide bonds. The number of allylic oxidation sites excluding steroid dienone is 1. The molecular formula is C19H18S. The summed E-state index contributed by atoms with van der Waals surface area (Å²) >= 11 is 5.68. The van der Waals surface area contributed by atoms with Gasteiger partial charge < -0.3 is 0 Å². The minimum atomic E-state index is 0.487. The molecule has 0 aliphatic heterocycles. The predicted octanol–water partition coefficient (Wildman–Crippen LogP) is 5.51. The van der Waals surface area contributed by atoms with Crippen LogP contribution < -0.4 is 0 Å². The highest BCUT2D eigenvalue weighted by molar-refractivity contribution is 7.80. The van der Waals surface area contributed by atoms with Crippen LogP contribution in [-0.4, -0.2) is 4.86 Å². The fraction of sp³-hybridized carbons (Fsp3) is 0.316. The van der Waals surface area contributed by atoms with Crippen molar-refractivity contribution in [3.05, 3.63) is 53.6 Å². The molecular weight excluding hydrogens is 260 g/mol. The zero-order chi connectivity index (χ0) is 13.5. The van der Waals surface area contributed by atoms with E-state index in [1.807, 2.05) is 0 Å². The lowest BCUT2D eigenvalue weighted by atomic mass is 9.73. The molecule has 1 saturated carbocycles. The molecule has 0 saturated heterocycles. The number of thiocarbonyl (C=S) groups is 1. The Hall–Kier alpha value is -1.47. The molecule has 2 aromatic carbocycles. The number of rotatable bonds is 1. The van der Waals surface area contributed by atoms with Crippen molar-refractivity contribution in [3.8, 4) is 0 Å². The summed E-state index contributed by atoms with van der Waals surface area (Å²) in [5.74, 6) is 1.05. The van der Waals surface area contributed by atoms with E-state index in [1.54, 1.807) is 0 Å². The molecule has 2 aliphatic rings. The van der Waals surface area contributed by atoms with Gasteiger partial charge in [0.15, 0.2) is 0 Å². The number of hydrogen-bond acceptors (Lipinski definition) is 1. The van der Waals surface area contributed by atoms with E-state index in [0.717, 1.165) is 6.42 Å². The van der Waals surface area contributed by atoms with Gasteiger partial charge >= 0.3 is 0 Å². The lowest BCUT2D eigenvalue weighted by molar-refractivity contribution is 0.500. The maximum absolute atomic E-state index is 5.68. The zero-order valence-corrected chi connectivity index (χ0v) is 12.3. The van der Waals surface area contributed by atoms with Crippen LogP contribution in [-0.2, 0) is 0 Å². The first-order valence-electron chi connectivity index (χ1n) is 7.57. The lowest BCUT2D eigenvalue weighted by Crippen LogP contribution is -2.24. The molecule has 2 atom stereocenters. The van der Waals surface area contributed by atoms with Gasteiger partial charge in [-0.05, 0) is 46.0 Å². The quantitative estimate of drug-likeness (QED) is 0.620. The molecule has 1 heteroatoms. The lowest BCUT2D eigenvalue weighted by Gasteiger charge is -2.32. The number of benzene rings is 2. The molecule has 4 rings (SSSR count). The molecule has 0 nitrogen and oxygen atoms in total. The Balaban J connectivity index is 1.87. The van der Waals surface area contributed by atoms with Gasteiger partial charge in [0.1, 0.15) is 0 Å². The van der Waals surface area contributed by atoms with Gasteiger partial charge in [-0.2, -0.15) is 0 Å². The van der Waals surface area contributed by atoms with Crippen molar-refractivity contribution >= 4 is 33.9 Å². The van der Waals surface area contributed by atoms with Crippen LogP contribution in [0.2, 0.25) is 0 Å². The zero-order valence-electron chi connectivity index (χ0n) is 11.5. The fourth-order valence-electron chi connectivity index (χ4n) is 3.87. The Bertz CT molecular complexity index is 706. The van der Waals surface area contributed by atoms with Crippen molar-refractivity contribution in [1.82, 2.24) is 0 Å². The van der Waals surface area contributed by atoms with Gasteiger partial charge in [-0.1, -0.05) is 67.2 Å². The van der Waals surface area contributed by atoms with E-state index < -0.39 is 0 Å². The van der Waals surface area contributed by atoms with Crippen molar-refractivity contribution in [2.45, 2.75) is 31.6 Å². The smallest absolute Gasteiger partial charge is 0.0101 e. The molecule has 20 heavy (non-hydrogen) atoms. The second kappa shape index (κ2) is 4.82. The third kappa shape index (κ3) is 1.84. The van der Waals surface area contributed by atoms with Crippen molar-refractivity contribution < 1.29 is 0 Å². The SMILES string of the molecule is S=C1CCCCC1C1C=Cc2cccc3cccc1c23. The molecule has 0 N–H and O–H groups in total. The highest BCUT2D eigenvalue weighted by atomic mass is 32.1. The van der Waals surface area contributed by atoms with E-state index in [-0.39, 0.29) is 0 Å². The Labute approximate surface area is 125 Å². The Morgan fingerprint density at radius 1 is 1.00 bits per heavy atom. The van der Waals surface area contributed by atoms with Crippen LogP contribution in [0.15, 0.2) is 42.5 Å². The van der Waals surface area contributed by atoms with E-state index in [4.69, 9.17) is 12.2 Å². The Kier molecular flexibility index (Phi) is 2.96. The molecule has 0 heterocycles. The molecule has 0 aromatic heterocycles. The van der Waals surface area contributed by atoms with Crippen molar-refractivity contribution in [3.63, 3.8) is 0 Å². The topological polar surface area (TPSA) is 0 Å². The Morgan fingerprint density at radius 3 is 2.70 bits per heavy atom. The van der Waals surface area contributed by atoms with Crippen LogP contribution >= 0.6 is 12.2 Å². The molecule has 2 unspecified atom stereocenters. The average Bonchev–Trinajstić information content (AvgIpc) is 2.49. The van der Waals surface area contributed by atoms with Gasteiger partial charge in [-0.15, -0.1) is 0 Å². The van der Waals surface area contributed by atoms with Crippen LogP contribution in [0.3, 0.4) is 0 Å². The highest BCUT2D eigenvalue weighted by Crippen LogP contribution is 2.42. The summed E-state index contributed by atoms with van der Waals surface area (Å²) in [6, 6.07) is 13.3. The maximum atomic E-state index is 5.68. The molecule has 0 spiro atoms. The summed E-state index contributed by atoms with van der Waals surface area (Å²) in [6.07, 6.45) is 9.70. The summed E-state index contributed by atoms with van der Waals surface area (Å²) in [7, 11) is 0. The third-order valence-electron chi connectivity index (χ3n) is 4.85. The number of hydrogen-bond donors (Lipinski definition) is 0. The van der Waals surface area contributed by atoms with Crippen LogP contribution in [0.25, 0.3) is 16.8 Å². The third-order valence-corrected chi connectivity index (χ3v) is 5.35. The minimum absolute atomic E-state index is 0.487. The second-order valence-electron chi connectivity index (χ2n) is 6.00. The van der Waals surface area contributed by atoms with E-state index in [9.17, 15) is 0 Å². The van der Waals surface area contributed by atoms with Gasteiger partial charge in [0.05, 0.1) is 0 Å². The van der Waals surface area contributed by atoms with E-state index >= 15 is 0 Å². The van der Waals surface area contributed by atoms with Crippen molar-refractivity contribution in [1.29, 1.82) is 0 Å². The van der Waals surface area contributed by atoms with Gasteiger partial charge in [0.25, 0.3) is 0 Å². The van der Waals surface area contributed by atoms with Crippen molar-refractivity contribution in [2.24, 2.45) is 5.92 Å². The van der Waals surface area contributed by atoms with Gasteiger partial charge in [0, 0.05) is 11.8 Å². The summed E-state index contributed by atoms with van der Waals surface area (Å²) < 4.78 is 0. The summed E-state index contributed by atoms with van der Waals surface area (Å²) in [5, 5.41) is 2.80. The van der Waals surface area contributed by atoms with Crippen LogP contribution in [0.5, 0.6) is 0 Å². The molecule has 100 valence electrons. The highest BCUT2D eigenvalue weighted by Gasteiger charge is 2.29. The van der Waals surface area contributed by atoms with Crippen LogP contribution in [0.4, 0.5) is 0 Å². The first-order valence-corrected chi connectivity index (χ1v) is 7.98. The second-order valence-corrected chi connectivity index (χ2v) is 6.52. The summed E-state index contributed by atoms with van der Waals surface area (Å²) in [5.41, 5.74) is 2.84. The summed E-state index contributed by atoms with van der Waals surface area (Å²) in [4.78, 5) is 1.29. The van der Waals surface area contributed by atoms with E-state index in [2.05, 4.69) is 48.6 Å². The Morgan fingerprint density at radius 2 is 1.85 bits per heavy atom. The van der Waals surface area contributed by atoms with Crippen LogP contribution in [0, 0.1) is 5.92 Å². The summed E-state index contributed by atoms with van der Waals surface area (Å²) in [6.45, 7) is 0. The van der Waals surface area contributed by atoms with Gasteiger partial charge in [0.2, 0.25) is 0 Å². The predicted molar refractivity (Wildman–Crippen MR) is 90.3 cm³/mol. The fourth-order valence-corrected chi connectivity index (χ4v) is 4.28. The van der Waals surface area contributed by atoms with Crippen molar-refractivity contribution in [2.75, 3.05) is 0 Å². The molecule has 2 aromatic rings. The first kappa shape index (κ1) is 12.3. The molecule has 0 bridgehead atoms. The monoisotopic (exact) mass is 278 g/mol.